The van der Waals surface area contributed by atoms with Crippen LogP contribution in [0.25, 0.3) is 0 Å². The number of nitrogens with two attached hydrogens (primary N) is 2. The quantitative estimate of drug-likeness (QED) is 0.615. The molecule has 0 aliphatic carbocycles. The summed E-state index contributed by atoms with van der Waals surface area (Å²) in [4.78, 5) is 17.8. The maximum Gasteiger partial charge on any atom is 0.271 e. The minimum Gasteiger partial charge on any atom is -0.370 e. The SMILES string of the molecule is Cc1cccc(N2CCCC2C(=O)N=C(N)N)c1C. The van der Waals surface area contributed by atoms with Crippen LogP contribution in [0.4, 0.5) is 5.69 Å². The van der Waals surface area contributed by atoms with Gasteiger partial charge in [0.15, 0.2) is 5.96 Å². The molecule has 2 rings (SSSR count). The summed E-state index contributed by atoms with van der Waals surface area (Å²) in [5.74, 6) is -0.420. The smallest absolute Gasteiger partial charge is 0.271 e. The number of carbonyl (C=O) groups is 1. The predicted octanol–water partition coefficient (Wildman–Crippen LogP) is 1.07. The standard InChI is InChI=1S/C14H20N4O/c1-9-5-3-6-11(10(9)2)18-8-4-7-12(18)13(19)17-14(15)16/h3,5-6,12H,4,7-8H2,1-2H3,(H4,15,16,17,19). The van der Waals surface area contributed by atoms with E-state index in [1.807, 2.05) is 12.1 Å². The summed E-state index contributed by atoms with van der Waals surface area (Å²) >= 11 is 0. The van der Waals surface area contributed by atoms with Gasteiger partial charge in [-0.15, -0.1) is 0 Å². The van der Waals surface area contributed by atoms with Crippen LogP contribution in [-0.2, 0) is 4.79 Å². The summed E-state index contributed by atoms with van der Waals surface area (Å²) in [6.07, 6.45) is 1.77. The Morgan fingerprint density at radius 1 is 1.37 bits per heavy atom. The summed E-state index contributed by atoms with van der Waals surface area (Å²) in [6, 6.07) is 5.88. The van der Waals surface area contributed by atoms with Crippen LogP contribution < -0.4 is 16.4 Å². The van der Waals surface area contributed by atoms with Crippen LogP contribution in [0.15, 0.2) is 23.2 Å². The predicted molar refractivity (Wildman–Crippen MR) is 77.1 cm³/mol. The molecule has 4 N–H and O–H groups in total. The van der Waals surface area contributed by atoms with Crippen molar-refractivity contribution in [2.24, 2.45) is 16.5 Å². The van der Waals surface area contributed by atoms with Crippen LogP contribution in [0.3, 0.4) is 0 Å². The average Bonchev–Trinajstić information content (AvgIpc) is 2.80. The van der Waals surface area contributed by atoms with E-state index >= 15 is 0 Å². The molecule has 0 radical (unpaired) electrons. The highest BCUT2D eigenvalue weighted by atomic mass is 16.2. The lowest BCUT2D eigenvalue weighted by molar-refractivity contribution is -0.118. The first kappa shape index (κ1) is 13.4. The zero-order valence-corrected chi connectivity index (χ0v) is 11.4. The summed E-state index contributed by atoms with van der Waals surface area (Å²) < 4.78 is 0. The Balaban J connectivity index is 2.31. The fraction of sp³-hybridized carbons (Fsp3) is 0.429. The molecule has 5 nitrogen and oxygen atoms in total. The van der Waals surface area contributed by atoms with E-state index in [0.717, 1.165) is 25.1 Å². The summed E-state index contributed by atoms with van der Waals surface area (Å²) in [6.45, 7) is 5.01. The summed E-state index contributed by atoms with van der Waals surface area (Å²) in [5.41, 5.74) is 14.1. The number of benzene rings is 1. The minimum atomic E-state index is -0.251. The number of aliphatic imine (C=N–C) groups is 1. The fourth-order valence-corrected chi connectivity index (χ4v) is 2.56. The van der Waals surface area contributed by atoms with E-state index in [0.29, 0.717) is 0 Å². The first-order chi connectivity index (χ1) is 9.00. The molecule has 1 aliphatic heterocycles. The summed E-state index contributed by atoms with van der Waals surface area (Å²) in [7, 11) is 0. The normalized spacial score (nSPS) is 18.4. The molecule has 0 bridgehead atoms. The van der Waals surface area contributed by atoms with Crippen molar-refractivity contribution >= 4 is 17.6 Å². The minimum absolute atomic E-state index is 0.169. The van der Waals surface area contributed by atoms with Crippen LogP contribution >= 0.6 is 0 Å². The summed E-state index contributed by atoms with van der Waals surface area (Å²) in [5, 5.41) is 0. The molecule has 1 amide bonds. The van der Waals surface area contributed by atoms with Gasteiger partial charge in [0.1, 0.15) is 6.04 Å². The number of amides is 1. The Morgan fingerprint density at radius 2 is 2.11 bits per heavy atom. The van der Waals surface area contributed by atoms with Crippen LogP contribution in [-0.4, -0.2) is 24.5 Å². The molecule has 1 aromatic rings. The fourth-order valence-electron chi connectivity index (χ4n) is 2.56. The van der Waals surface area contributed by atoms with Gasteiger partial charge in [0.05, 0.1) is 0 Å². The van der Waals surface area contributed by atoms with Gasteiger partial charge in [0.2, 0.25) is 0 Å². The molecular formula is C14H20N4O. The zero-order chi connectivity index (χ0) is 14.0. The average molecular weight is 260 g/mol. The van der Waals surface area contributed by atoms with Crippen LogP contribution in [0.1, 0.15) is 24.0 Å². The molecule has 1 unspecified atom stereocenters. The zero-order valence-electron chi connectivity index (χ0n) is 11.4. The van der Waals surface area contributed by atoms with Gasteiger partial charge < -0.3 is 16.4 Å². The van der Waals surface area contributed by atoms with Gasteiger partial charge in [-0.05, 0) is 43.9 Å². The second kappa shape index (κ2) is 5.30. The Hall–Kier alpha value is -2.04. The van der Waals surface area contributed by atoms with Gasteiger partial charge in [0, 0.05) is 12.2 Å². The topological polar surface area (TPSA) is 84.7 Å². The molecule has 1 saturated heterocycles. The van der Waals surface area contributed by atoms with Gasteiger partial charge in [-0.2, -0.15) is 4.99 Å². The molecule has 0 aromatic heterocycles. The highest BCUT2D eigenvalue weighted by Gasteiger charge is 2.31. The van der Waals surface area contributed by atoms with Crippen LogP contribution in [0.5, 0.6) is 0 Å². The number of hydrogen-bond donors (Lipinski definition) is 2. The first-order valence-corrected chi connectivity index (χ1v) is 6.47. The molecule has 102 valence electrons. The number of nitrogens with zero attached hydrogens (tertiary/aromatic N) is 2. The molecule has 0 spiro atoms. The largest absolute Gasteiger partial charge is 0.370 e. The second-order valence-electron chi connectivity index (χ2n) is 4.95. The number of rotatable bonds is 2. The van der Waals surface area contributed by atoms with E-state index in [9.17, 15) is 4.79 Å². The molecule has 1 aliphatic rings. The Bertz CT molecular complexity index is 520. The van der Waals surface area contributed by atoms with Gasteiger partial charge in [-0.1, -0.05) is 12.1 Å². The van der Waals surface area contributed by atoms with Crippen molar-refractivity contribution in [1.29, 1.82) is 0 Å². The number of aryl methyl sites for hydroxylation is 1. The first-order valence-electron chi connectivity index (χ1n) is 6.47. The highest BCUT2D eigenvalue weighted by Crippen LogP contribution is 2.30. The Labute approximate surface area is 113 Å². The molecule has 5 heteroatoms. The van der Waals surface area contributed by atoms with E-state index < -0.39 is 0 Å². The van der Waals surface area contributed by atoms with Crippen molar-refractivity contribution in [3.63, 3.8) is 0 Å². The maximum atomic E-state index is 12.0. The molecule has 0 saturated carbocycles. The van der Waals surface area contributed by atoms with Gasteiger partial charge in [-0.25, -0.2) is 0 Å². The van der Waals surface area contributed by atoms with Crippen molar-refractivity contribution in [3.8, 4) is 0 Å². The third-order valence-electron chi connectivity index (χ3n) is 3.66. The lowest BCUT2D eigenvalue weighted by Gasteiger charge is -2.26. The number of anilines is 1. The molecule has 1 fully saturated rings. The van der Waals surface area contributed by atoms with Crippen molar-refractivity contribution in [1.82, 2.24) is 0 Å². The van der Waals surface area contributed by atoms with E-state index in [1.165, 1.54) is 11.1 Å². The maximum absolute atomic E-state index is 12.0. The van der Waals surface area contributed by atoms with Crippen LogP contribution in [0, 0.1) is 13.8 Å². The van der Waals surface area contributed by atoms with E-state index in [4.69, 9.17) is 11.5 Å². The van der Waals surface area contributed by atoms with Gasteiger partial charge >= 0.3 is 0 Å². The third kappa shape index (κ3) is 2.70. The number of guanidine groups is 1. The second-order valence-corrected chi connectivity index (χ2v) is 4.95. The monoisotopic (exact) mass is 260 g/mol. The Kier molecular flexibility index (Phi) is 3.74. The van der Waals surface area contributed by atoms with Crippen LogP contribution in [0.2, 0.25) is 0 Å². The van der Waals surface area contributed by atoms with Gasteiger partial charge in [-0.3, -0.25) is 4.79 Å². The lowest BCUT2D eigenvalue weighted by atomic mass is 10.1. The van der Waals surface area contributed by atoms with E-state index in [1.54, 1.807) is 0 Å². The Morgan fingerprint density at radius 3 is 2.79 bits per heavy atom. The lowest BCUT2D eigenvalue weighted by Crippen LogP contribution is -2.37. The number of carbonyl (C=O) groups excluding carboxylic acids is 1. The molecule has 1 aromatic carbocycles. The van der Waals surface area contributed by atoms with Gasteiger partial charge in [0.25, 0.3) is 5.91 Å². The third-order valence-corrected chi connectivity index (χ3v) is 3.66. The van der Waals surface area contributed by atoms with Crippen molar-refractivity contribution < 1.29 is 4.79 Å². The van der Waals surface area contributed by atoms with Crippen molar-refractivity contribution in [3.05, 3.63) is 29.3 Å². The van der Waals surface area contributed by atoms with Crippen molar-refractivity contribution in [2.45, 2.75) is 32.7 Å². The molecular weight excluding hydrogens is 240 g/mol. The van der Waals surface area contributed by atoms with E-state index in [-0.39, 0.29) is 17.9 Å². The van der Waals surface area contributed by atoms with E-state index in [2.05, 4.69) is 29.8 Å². The van der Waals surface area contributed by atoms with Crippen molar-refractivity contribution in [2.75, 3.05) is 11.4 Å². The molecule has 1 heterocycles. The highest BCUT2D eigenvalue weighted by molar-refractivity contribution is 5.96. The molecule has 19 heavy (non-hydrogen) atoms. The number of hydrogen-bond acceptors (Lipinski definition) is 2. The molecule has 1 atom stereocenters.